The van der Waals surface area contributed by atoms with E-state index >= 15 is 4.57 Å². The van der Waals surface area contributed by atoms with E-state index in [1.165, 1.54) is 19.0 Å². The highest BCUT2D eigenvalue weighted by atomic mass is 31.2. The number of nitrogens with two attached hydrogens (primary N) is 1. The van der Waals surface area contributed by atoms with E-state index in [0.717, 1.165) is 44.3 Å². The fourth-order valence-electron chi connectivity index (χ4n) is 12.1. The third-order valence-electron chi connectivity index (χ3n) is 17.8. The lowest BCUT2D eigenvalue weighted by Crippen LogP contribution is -2.25. The van der Waals surface area contributed by atoms with E-state index < -0.39 is 40.9 Å². The molecule has 7 heterocycles. The first-order valence-electron chi connectivity index (χ1n) is 36.1. The van der Waals surface area contributed by atoms with Crippen LogP contribution in [0.2, 0.25) is 0 Å². The Kier molecular flexibility index (Phi) is 26.5. The van der Waals surface area contributed by atoms with Crippen LogP contribution in [-0.2, 0) is 81.6 Å². The average Bonchev–Trinajstić information content (AvgIpc) is 1.76. The van der Waals surface area contributed by atoms with Crippen LogP contribution in [0.5, 0.6) is 17.2 Å². The van der Waals surface area contributed by atoms with Gasteiger partial charge in [-0.2, -0.15) is 0 Å². The van der Waals surface area contributed by atoms with Crippen LogP contribution >= 0.6 is 22.6 Å². The Labute approximate surface area is 641 Å². The maximum atomic E-state index is 15.0. The summed E-state index contributed by atoms with van der Waals surface area (Å²) >= 11 is 0. The highest BCUT2D eigenvalue weighted by Crippen LogP contribution is 2.46. The molecule has 31 nitrogen and oxygen atoms in total. The molecule has 0 amide bonds. The Hall–Kier alpha value is -10.5. The fraction of sp³-hybridized carbons (Fsp3) is 0.299. The first-order valence-corrected chi connectivity index (χ1v) is 41.5. The number of nitrogens with one attached hydrogen (secondary N) is 5. The van der Waals surface area contributed by atoms with Gasteiger partial charge in [0.15, 0.2) is 45.4 Å². The van der Waals surface area contributed by atoms with E-state index in [-0.39, 0.29) is 64.3 Å². The lowest BCUT2D eigenvalue weighted by molar-refractivity contribution is 0.0814. The summed E-state index contributed by atoms with van der Waals surface area (Å²) < 4.78 is 105. The zero-order valence-electron chi connectivity index (χ0n) is 62.0. The molecule has 578 valence electrons. The van der Waals surface area contributed by atoms with Crippen molar-refractivity contribution < 1.29 is 55.7 Å². The molecule has 0 fully saturated rings. The first-order chi connectivity index (χ1) is 54.0. The summed E-state index contributed by atoms with van der Waals surface area (Å²) in [6, 6.07) is 46.7. The first kappa shape index (κ1) is 78.6. The molecule has 13 aromatic rings. The summed E-state index contributed by atoms with van der Waals surface area (Å²) in [4.78, 5) is 44.6. The van der Waals surface area contributed by atoms with Crippen molar-refractivity contribution in [2.24, 2.45) is 0 Å². The van der Waals surface area contributed by atoms with Crippen molar-refractivity contribution in [3.63, 3.8) is 0 Å². The number of para-hydroxylation sites is 2. The van der Waals surface area contributed by atoms with Gasteiger partial charge in [-0.3, -0.25) is 18.7 Å². The predicted molar refractivity (Wildman–Crippen MR) is 424 cm³/mol. The largest absolute Gasteiger partial charge is 0.431 e. The van der Waals surface area contributed by atoms with Crippen molar-refractivity contribution in [2.45, 2.75) is 92.4 Å². The number of aromatic nitrogens is 13. The van der Waals surface area contributed by atoms with Gasteiger partial charge in [0.1, 0.15) is 60.8 Å². The highest BCUT2D eigenvalue weighted by Gasteiger charge is 2.30. The van der Waals surface area contributed by atoms with Crippen LogP contribution in [0.1, 0.15) is 48.6 Å². The number of nitrogen functional groups attached to an aromatic ring is 1. The molecular weight excluding hydrogens is 1480 g/mol. The minimum atomic E-state index is -3.84. The molecule has 7 N–H and O–H groups in total. The topological polar surface area (TPSA) is 364 Å². The van der Waals surface area contributed by atoms with E-state index in [0.29, 0.717) is 108 Å². The lowest BCUT2D eigenvalue weighted by atomic mass is 10.0. The number of fused-ring (bicyclic) bond motifs is 4. The van der Waals surface area contributed by atoms with Gasteiger partial charge in [-0.05, 0) is 135 Å². The van der Waals surface area contributed by atoms with Crippen LogP contribution in [0.15, 0.2) is 202 Å². The van der Waals surface area contributed by atoms with Gasteiger partial charge in [0.2, 0.25) is 0 Å². The quantitative estimate of drug-likeness (QED) is 0.0153. The molecule has 0 aliphatic carbocycles. The molecule has 0 aliphatic rings. The lowest BCUT2D eigenvalue weighted by Gasteiger charge is -2.23. The SMILES string of the molecule is Cc1cccc(C)c1COCCNP(=O)(CO[C@H](C)Cn1cnc2c(Nc3cccc4c(COCCNP(=O)(CO[C@H](C)Cn5cnc6c(N)ncnc65)Oc5ccc(Nc6ncnc7c6ncn7C[C@@H](C)OCP(=O)(NCCOCc6ccncc6)Oc6ccccc6)cc5)cccc34)ncnc21)Oc1ccccc1. The Morgan fingerprint density at radius 2 is 0.874 bits per heavy atom. The Morgan fingerprint density at radius 3 is 1.41 bits per heavy atom. The Balaban J connectivity index is 0.617. The molecular formula is C77H88N19O12P3. The second kappa shape index (κ2) is 37.5. The summed E-state index contributed by atoms with van der Waals surface area (Å²) in [5.41, 5.74) is 16.0. The van der Waals surface area contributed by atoms with Crippen molar-refractivity contribution in [2.75, 3.05) is 74.9 Å². The molecule has 3 unspecified atom stereocenters. The number of ether oxygens (including phenoxy) is 6. The third kappa shape index (κ3) is 21.4. The van der Waals surface area contributed by atoms with E-state index in [1.807, 2.05) is 109 Å². The normalized spacial score (nSPS) is 14.2. The van der Waals surface area contributed by atoms with Gasteiger partial charge < -0.3 is 72.1 Å². The molecule has 6 aromatic carbocycles. The maximum Gasteiger partial charge on any atom is 0.342 e. The second-order valence-electron chi connectivity index (χ2n) is 26.4. The molecule has 0 aliphatic heterocycles. The molecule has 13 rings (SSSR count). The van der Waals surface area contributed by atoms with Crippen LogP contribution < -0.4 is 45.2 Å². The van der Waals surface area contributed by atoms with Crippen molar-refractivity contribution in [3.05, 3.63) is 230 Å². The van der Waals surface area contributed by atoms with Gasteiger partial charge in [0, 0.05) is 48.8 Å². The molecule has 0 bridgehead atoms. The predicted octanol–water partition coefficient (Wildman–Crippen LogP) is 13.7. The van der Waals surface area contributed by atoms with Crippen molar-refractivity contribution >= 4 is 95.7 Å². The average molecular weight is 1560 g/mol. The van der Waals surface area contributed by atoms with Gasteiger partial charge in [-0.1, -0.05) is 84.9 Å². The molecule has 0 saturated carbocycles. The minimum Gasteiger partial charge on any atom is -0.431 e. The van der Waals surface area contributed by atoms with E-state index in [9.17, 15) is 9.13 Å². The fourth-order valence-corrected chi connectivity index (χ4v) is 16.8. The highest BCUT2D eigenvalue weighted by molar-refractivity contribution is 7.57. The Morgan fingerprint density at radius 1 is 0.432 bits per heavy atom. The third-order valence-corrected chi connectivity index (χ3v) is 22.9. The van der Waals surface area contributed by atoms with Crippen LogP contribution in [0.25, 0.3) is 44.3 Å². The number of imidazole rings is 3. The molecule has 111 heavy (non-hydrogen) atoms. The van der Waals surface area contributed by atoms with Gasteiger partial charge in [0.05, 0.1) is 96.6 Å². The van der Waals surface area contributed by atoms with Crippen LogP contribution in [-0.4, -0.2) is 140 Å². The summed E-state index contributed by atoms with van der Waals surface area (Å²) in [5, 5.41) is 18.0. The zero-order valence-corrected chi connectivity index (χ0v) is 64.7. The van der Waals surface area contributed by atoms with Crippen molar-refractivity contribution in [3.8, 4) is 17.2 Å². The van der Waals surface area contributed by atoms with E-state index in [2.05, 4.69) is 96.7 Å². The van der Waals surface area contributed by atoms with Crippen LogP contribution in [0.3, 0.4) is 0 Å². The zero-order chi connectivity index (χ0) is 77.0. The number of hydrogen-bond donors (Lipinski definition) is 6. The summed E-state index contributed by atoms with van der Waals surface area (Å²) in [5.74, 6) is 2.38. The van der Waals surface area contributed by atoms with Crippen molar-refractivity contribution in [1.29, 1.82) is 0 Å². The minimum absolute atomic E-state index is 0.133. The molecule has 0 spiro atoms. The van der Waals surface area contributed by atoms with Gasteiger partial charge >= 0.3 is 22.6 Å². The second-order valence-corrected chi connectivity index (χ2v) is 32.7. The number of benzene rings is 6. The summed E-state index contributed by atoms with van der Waals surface area (Å²) in [6.07, 6.45) is 10.5. The smallest absolute Gasteiger partial charge is 0.342 e. The number of anilines is 5. The number of pyridine rings is 1. The van der Waals surface area contributed by atoms with Gasteiger partial charge in [-0.25, -0.2) is 60.1 Å². The molecule has 0 radical (unpaired) electrons. The van der Waals surface area contributed by atoms with E-state index in [1.54, 1.807) is 96.6 Å². The molecule has 7 aromatic heterocycles. The standard InChI is InChI=1S/C77H88N19O12P3/c1-54-15-12-16-55(2)67(54)44-102-38-35-91-110(98,107-63-20-10-7-11-21-63)52-104-58(5)41-96-50-88-71-74(82-47-85-77(71)96)93-68-24-14-22-65-60(17-13-23-66(65)68)43-101-37-34-90-111(99,53-105-56(3)39-94-48-86-69-72(78)80-45-83-75(69)94)108-64-27-25-61(26-28-64)92-73-70-76(84-46-81-73)95(49-87-70)40-57(4)103-51-109(97,106-62-18-8-6-9-19-62)89-33-36-100-42-59-29-31-79-32-30-59/h6-32,45-50,56-58H,33-44,51-53H2,1-5H3,(H,89,97)(H,90,99)(H,91,98)(H2,78,80,83)(H,81,84,92)(H,82,85,93)/t56-,57-,58-,109?,110?,111?/m1/s1. The van der Waals surface area contributed by atoms with Crippen LogP contribution in [0.4, 0.5) is 28.8 Å². The van der Waals surface area contributed by atoms with Crippen LogP contribution in [0, 0.1) is 13.8 Å². The maximum absolute atomic E-state index is 15.0. The summed E-state index contributed by atoms with van der Waals surface area (Å²) in [6.45, 7) is 13.2. The number of hydrogen-bond acceptors (Lipinski definition) is 25. The number of nitrogens with zero attached hydrogens (tertiary/aromatic N) is 13. The summed E-state index contributed by atoms with van der Waals surface area (Å²) in [7, 11) is -11.0. The van der Waals surface area contributed by atoms with Crippen molar-refractivity contribution in [1.82, 2.24) is 78.8 Å². The van der Waals surface area contributed by atoms with Gasteiger partial charge in [-0.15, -0.1) is 0 Å². The number of rotatable bonds is 43. The molecule has 34 heteroatoms. The monoisotopic (exact) mass is 1560 g/mol. The Bertz CT molecular complexity index is 5350. The molecule has 0 saturated heterocycles. The van der Waals surface area contributed by atoms with E-state index in [4.69, 9.17) is 52.7 Å². The molecule has 6 atom stereocenters. The number of aryl methyl sites for hydroxylation is 2. The van der Waals surface area contributed by atoms with Gasteiger partial charge in [0.25, 0.3) is 0 Å².